The summed E-state index contributed by atoms with van der Waals surface area (Å²) in [5.41, 5.74) is 7.89. The molecule has 0 spiro atoms. The Kier molecular flexibility index (Phi) is 7.54. The van der Waals surface area contributed by atoms with Crippen LogP contribution in [0.15, 0.2) is 48.1 Å². The van der Waals surface area contributed by atoms with E-state index >= 15 is 0 Å². The van der Waals surface area contributed by atoms with E-state index in [4.69, 9.17) is 0 Å². The number of piperazine rings is 1. The van der Waals surface area contributed by atoms with E-state index in [1.807, 2.05) is 6.08 Å². The average Bonchev–Trinajstić information content (AvgIpc) is 3.13. The molecule has 5 nitrogen and oxygen atoms in total. The number of allylic oxidation sites excluding steroid dienone is 5. The van der Waals surface area contributed by atoms with Crippen LogP contribution in [-0.4, -0.2) is 28.9 Å². The Balaban J connectivity index is 2.22. The highest BCUT2D eigenvalue weighted by molar-refractivity contribution is 5.97. The van der Waals surface area contributed by atoms with Crippen LogP contribution in [0.25, 0.3) is 10.9 Å². The van der Waals surface area contributed by atoms with Crippen molar-refractivity contribution in [3.63, 3.8) is 0 Å². The summed E-state index contributed by atoms with van der Waals surface area (Å²) in [4.78, 5) is 28.8. The van der Waals surface area contributed by atoms with E-state index in [2.05, 4.69) is 88.0 Å². The first-order chi connectivity index (χ1) is 15.9. The summed E-state index contributed by atoms with van der Waals surface area (Å²) >= 11 is 0. The lowest BCUT2D eigenvalue weighted by molar-refractivity contribution is -0.136. The van der Waals surface area contributed by atoms with Gasteiger partial charge in [-0.15, -0.1) is 6.58 Å². The maximum atomic E-state index is 12.8. The van der Waals surface area contributed by atoms with Crippen LogP contribution in [0.3, 0.4) is 0 Å². The molecule has 5 heteroatoms. The van der Waals surface area contributed by atoms with Gasteiger partial charge in [0.2, 0.25) is 11.8 Å². The van der Waals surface area contributed by atoms with Crippen molar-refractivity contribution < 1.29 is 9.59 Å². The number of fused-ring (bicyclic) bond motifs is 1. The van der Waals surface area contributed by atoms with Gasteiger partial charge in [-0.25, -0.2) is 0 Å². The van der Waals surface area contributed by atoms with Gasteiger partial charge in [0.25, 0.3) is 0 Å². The average molecular weight is 462 g/mol. The van der Waals surface area contributed by atoms with Crippen LogP contribution in [0, 0.1) is 0 Å². The highest BCUT2D eigenvalue weighted by Gasteiger charge is 2.34. The maximum absolute atomic E-state index is 12.8. The van der Waals surface area contributed by atoms with Crippen molar-refractivity contribution in [1.82, 2.24) is 15.6 Å². The number of hydrogen-bond acceptors (Lipinski definition) is 2. The zero-order chi connectivity index (χ0) is 25.2. The summed E-state index contributed by atoms with van der Waals surface area (Å²) in [6, 6.07) is 3.40. The van der Waals surface area contributed by atoms with Crippen LogP contribution < -0.4 is 10.6 Å². The molecule has 0 unspecified atom stereocenters. The number of hydrogen-bond donors (Lipinski definition) is 3. The fourth-order valence-electron chi connectivity index (χ4n) is 4.36. The number of H-pyrrole nitrogens is 1. The molecule has 2 heterocycles. The predicted molar refractivity (Wildman–Crippen MR) is 141 cm³/mol. The van der Waals surface area contributed by atoms with Crippen LogP contribution in [0.5, 0.6) is 0 Å². The first-order valence-corrected chi connectivity index (χ1v) is 12.1. The summed E-state index contributed by atoms with van der Waals surface area (Å²) in [6.07, 6.45) is 8.52. The topological polar surface area (TPSA) is 74.0 Å². The van der Waals surface area contributed by atoms with Crippen LogP contribution in [-0.2, 0) is 34.3 Å². The predicted octanol–water partition coefficient (Wildman–Crippen LogP) is 5.19. The molecular weight excluding hydrogens is 422 g/mol. The lowest BCUT2D eigenvalue weighted by Crippen LogP contribution is -2.61. The number of carbonyl (C=O) groups is 2. The molecule has 2 aromatic rings. The molecule has 3 rings (SSSR count). The fraction of sp³-hybridized carbons (Fsp3) is 0.448. The Hall–Kier alpha value is -3.08. The number of benzene rings is 1. The molecule has 0 bridgehead atoms. The van der Waals surface area contributed by atoms with E-state index in [0.717, 1.165) is 35.0 Å². The first-order valence-electron chi connectivity index (χ1n) is 12.1. The number of amides is 2. The van der Waals surface area contributed by atoms with E-state index in [0.29, 0.717) is 6.42 Å². The van der Waals surface area contributed by atoms with E-state index in [9.17, 15) is 9.59 Å². The van der Waals surface area contributed by atoms with Gasteiger partial charge in [-0.05, 0) is 70.2 Å². The second-order valence-corrected chi connectivity index (χ2v) is 10.5. The van der Waals surface area contributed by atoms with Gasteiger partial charge in [0.15, 0.2) is 0 Å². The van der Waals surface area contributed by atoms with Gasteiger partial charge in [0, 0.05) is 28.4 Å². The SMILES string of the molecule is C=CC(C)(C)c1[nH]c2c(CC=C(C)C)cc(CC=C(C)C)cc2c1C[C@H]1NC(=O)[C@H](C)NC1=O. The molecule has 0 radical (unpaired) electrons. The second kappa shape index (κ2) is 10.0. The zero-order valence-corrected chi connectivity index (χ0v) is 21.7. The third kappa shape index (κ3) is 5.52. The Morgan fingerprint density at radius 1 is 1.00 bits per heavy atom. The molecule has 2 amide bonds. The van der Waals surface area contributed by atoms with Crippen molar-refractivity contribution in [3.05, 3.63) is 70.5 Å². The number of aromatic amines is 1. The van der Waals surface area contributed by atoms with Crippen molar-refractivity contribution in [1.29, 1.82) is 0 Å². The largest absolute Gasteiger partial charge is 0.357 e. The summed E-state index contributed by atoms with van der Waals surface area (Å²) in [5, 5.41) is 6.83. The third-order valence-corrected chi connectivity index (χ3v) is 6.58. The molecule has 1 saturated heterocycles. The van der Waals surface area contributed by atoms with E-state index in [1.54, 1.807) is 6.92 Å². The highest BCUT2D eigenvalue weighted by atomic mass is 16.2. The van der Waals surface area contributed by atoms with Gasteiger partial charge < -0.3 is 15.6 Å². The zero-order valence-electron chi connectivity index (χ0n) is 21.7. The molecule has 1 aromatic carbocycles. The Labute approximate surface area is 203 Å². The minimum absolute atomic E-state index is 0.144. The minimum atomic E-state index is -0.607. The molecule has 0 aliphatic carbocycles. The molecule has 2 atom stereocenters. The molecule has 1 fully saturated rings. The van der Waals surface area contributed by atoms with Crippen molar-refractivity contribution >= 4 is 22.7 Å². The van der Waals surface area contributed by atoms with E-state index < -0.39 is 12.1 Å². The first kappa shape index (κ1) is 25.5. The molecule has 182 valence electrons. The standard InChI is InChI=1S/C29H39N3O2/c1-9-29(7,8)26-23(16-24-28(34)30-19(6)27(33)31-24)22-15-20(12-10-17(2)3)14-21(25(22)32-26)13-11-18(4)5/h9-11,14-15,19,24,32H,1,12-13,16H2,2-8H3,(H,30,34)(H,31,33)/t19-,24+/m0/s1. The van der Waals surface area contributed by atoms with Gasteiger partial charge in [-0.2, -0.15) is 0 Å². The Morgan fingerprint density at radius 2 is 1.65 bits per heavy atom. The fourth-order valence-corrected chi connectivity index (χ4v) is 4.36. The summed E-state index contributed by atoms with van der Waals surface area (Å²) in [5.74, 6) is -0.295. The van der Waals surface area contributed by atoms with Crippen LogP contribution in [0.2, 0.25) is 0 Å². The Bertz CT molecular complexity index is 1170. The normalized spacial score (nSPS) is 18.3. The molecule has 1 aliphatic rings. The van der Waals surface area contributed by atoms with Crippen LogP contribution in [0.4, 0.5) is 0 Å². The molecule has 1 aromatic heterocycles. The number of carbonyl (C=O) groups excluding carboxylic acids is 2. The minimum Gasteiger partial charge on any atom is -0.357 e. The van der Waals surface area contributed by atoms with E-state index in [1.165, 1.54) is 22.3 Å². The maximum Gasteiger partial charge on any atom is 0.243 e. The van der Waals surface area contributed by atoms with Gasteiger partial charge >= 0.3 is 0 Å². The van der Waals surface area contributed by atoms with Crippen molar-refractivity contribution in [2.45, 2.75) is 85.2 Å². The quantitative estimate of drug-likeness (QED) is 0.473. The van der Waals surface area contributed by atoms with Crippen molar-refractivity contribution in [2.24, 2.45) is 0 Å². The molecule has 0 saturated carbocycles. The number of rotatable bonds is 8. The van der Waals surface area contributed by atoms with Gasteiger partial charge in [0.1, 0.15) is 12.1 Å². The van der Waals surface area contributed by atoms with Crippen LogP contribution in [0.1, 0.15) is 70.9 Å². The van der Waals surface area contributed by atoms with Gasteiger partial charge in [-0.1, -0.05) is 49.3 Å². The summed E-state index contributed by atoms with van der Waals surface area (Å²) < 4.78 is 0. The van der Waals surface area contributed by atoms with E-state index in [-0.39, 0.29) is 17.2 Å². The lowest BCUT2D eigenvalue weighted by Gasteiger charge is -2.29. The molecular formula is C29H39N3O2. The number of aromatic nitrogens is 1. The highest BCUT2D eigenvalue weighted by Crippen LogP contribution is 2.36. The third-order valence-electron chi connectivity index (χ3n) is 6.58. The summed E-state index contributed by atoms with van der Waals surface area (Å²) in [7, 11) is 0. The Morgan fingerprint density at radius 3 is 2.26 bits per heavy atom. The second-order valence-electron chi connectivity index (χ2n) is 10.5. The summed E-state index contributed by atoms with van der Waals surface area (Å²) in [6.45, 7) is 18.5. The van der Waals surface area contributed by atoms with Gasteiger partial charge in [0.05, 0.1) is 0 Å². The molecule has 1 aliphatic heterocycles. The van der Waals surface area contributed by atoms with Crippen molar-refractivity contribution in [3.8, 4) is 0 Å². The lowest BCUT2D eigenvalue weighted by atomic mass is 9.84. The smallest absolute Gasteiger partial charge is 0.243 e. The molecule has 3 N–H and O–H groups in total. The van der Waals surface area contributed by atoms with Crippen LogP contribution >= 0.6 is 0 Å². The monoisotopic (exact) mass is 461 g/mol. The van der Waals surface area contributed by atoms with Gasteiger partial charge in [-0.3, -0.25) is 9.59 Å². The molecule has 34 heavy (non-hydrogen) atoms. The van der Waals surface area contributed by atoms with Crippen molar-refractivity contribution in [2.75, 3.05) is 0 Å². The number of nitrogens with one attached hydrogen (secondary N) is 3.